The molecule has 0 radical (unpaired) electrons. The van der Waals surface area contributed by atoms with Gasteiger partial charge in [-0.3, -0.25) is 9.89 Å². The highest BCUT2D eigenvalue weighted by atomic mass is 16.5. The highest BCUT2D eigenvalue weighted by molar-refractivity contribution is 5.93. The van der Waals surface area contributed by atoms with E-state index in [0.717, 1.165) is 12.0 Å². The average Bonchev–Trinajstić information content (AvgIpc) is 2.63. The Labute approximate surface area is 82.8 Å². The van der Waals surface area contributed by atoms with Crippen LogP contribution in [0.4, 0.5) is 5.82 Å². The predicted molar refractivity (Wildman–Crippen MR) is 53.1 cm³/mol. The number of aromatic amines is 1. The third-order valence-electron chi connectivity index (χ3n) is 2.07. The maximum atomic E-state index is 11.4. The molecule has 0 fully saturated rings. The molecule has 0 aliphatic rings. The molecule has 14 heavy (non-hydrogen) atoms. The van der Waals surface area contributed by atoms with Gasteiger partial charge >= 0.3 is 0 Å². The largest absolute Gasteiger partial charge is 0.372 e. The summed E-state index contributed by atoms with van der Waals surface area (Å²) >= 11 is 0. The van der Waals surface area contributed by atoms with Crippen LogP contribution >= 0.6 is 0 Å². The van der Waals surface area contributed by atoms with Gasteiger partial charge in [0.05, 0.1) is 6.20 Å². The molecule has 2 N–H and O–H groups in total. The maximum absolute atomic E-state index is 11.4. The highest BCUT2D eigenvalue weighted by Crippen LogP contribution is 2.11. The Balaban J connectivity index is 2.64. The monoisotopic (exact) mass is 197 g/mol. The summed E-state index contributed by atoms with van der Waals surface area (Å²) in [5.41, 5.74) is 0.988. The van der Waals surface area contributed by atoms with Gasteiger partial charge in [-0.05, 0) is 13.3 Å². The molecule has 5 nitrogen and oxygen atoms in total. The molecule has 1 unspecified atom stereocenters. The van der Waals surface area contributed by atoms with E-state index in [0.29, 0.717) is 5.82 Å². The SMILES string of the molecule is CCc1cn[nH]c1NC(=O)C(C)OC. The van der Waals surface area contributed by atoms with Crippen LogP contribution in [0, 0.1) is 0 Å². The molecular weight excluding hydrogens is 182 g/mol. The Morgan fingerprint density at radius 3 is 3.07 bits per heavy atom. The van der Waals surface area contributed by atoms with E-state index < -0.39 is 6.10 Å². The van der Waals surface area contributed by atoms with Crippen molar-refractivity contribution in [2.45, 2.75) is 26.4 Å². The van der Waals surface area contributed by atoms with Gasteiger partial charge < -0.3 is 10.1 Å². The zero-order valence-electron chi connectivity index (χ0n) is 8.63. The number of hydrogen-bond acceptors (Lipinski definition) is 3. The molecule has 1 aromatic rings. The Bertz CT molecular complexity index is 309. The van der Waals surface area contributed by atoms with Gasteiger partial charge in [-0.1, -0.05) is 6.92 Å². The molecule has 0 aromatic carbocycles. The van der Waals surface area contributed by atoms with E-state index in [1.54, 1.807) is 13.1 Å². The molecule has 1 heterocycles. The fourth-order valence-electron chi connectivity index (χ4n) is 1.02. The fourth-order valence-corrected chi connectivity index (χ4v) is 1.02. The Morgan fingerprint density at radius 2 is 2.50 bits per heavy atom. The molecule has 1 amide bonds. The van der Waals surface area contributed by atoms with Crippen molar-refractivity contribution in [1.29, 1.82) is 0 Å². The number of aromatic nitrogens is 2. The lowest BCUT2D eigenvalue weighted by Crippen LogP contribution is -2.27. The van der Waals surface area contributed by atoms with Crippen LogP contribution in [0.3, 0.4) is 0 Å². The van der Waals surface area contributed by atoms with Crippen LogP contribution in [0.1, 0.15) is 19.4 Å². The van der Waals surface area contributed by atoms with Gasteiger partial charge in [-0.2, -0.15) is 5.10 Å². The topological polar surface area (TPSA) is 67.0 Å². The quantitative estimate of drug-likeness (QED) is 0.755. The number of rotatable bonds is 4. The van der Waals surface area contributed by atoms with Gasteiger partial charge in [0.1, 0.15) is 11.9 Å². The summed E-state index contributed by atoms with van der Waals surface area (Å²) in [6.45, 7) is 3.69. The van der Waals surface area contributed by atoms with Crippen LogP contribution in [0.25, 0.3) is 0 Å². The molecule has 0 saturated carbocycles. The summed E-state index contributed by atoms with van der Waals surface area (Å²) < 4.78 is 4.89. The van der Waals surface area contributed by atoms with E-state index in [1.165, 1.54) is 7.11 Å². The molecule has 0 saturated heterocycles. The smallest absolute Gasteiger partial charge is 0.254 e. The number of aryl methyl sites for hydroxylation is 1. The Kier molecular flexibility index (Phi) is 3.64. The first-order valence-electron chi connectivity index (χ1n) is 4.55. The van der Waals surface area contributed by atoms with Crippen LogP contribution in [0.2, 0.25) is 0 Å². The van der Waals surface area contributed by atoms with Gasteiger partial charge in [-0.15, -0.1) is 0 Å². The molecule has 0 bridgehead atoms. The Morgan fingerprint density at radius 1 is 1.79 bits per heavy atom. The van der Waals surface area contributed by atoms with Gasteiger partial charge in [0.25, 0.3) is 5.91 Å². The first-order valence-corrected chi connectivity index (χ1v) is 4.55. The second-order valence-electron chi connectivity index (χ2n) is 2.99. The molecule has 1 aromatic heterocycles. The third kappa shape index (κ3) is 2.32. The lowest BCUT2D eigenvalue weighted by molar-refractivity contribution is -0.124. The van der Waals surface area contributed by atoms with Crippen molar-refractivity contribution >= 4 is 11.7 Å². The minimum absolute atomic E-state index is 0.175. The number of nitrogens with zero attached hydrogens (tertiary/aromatic N) is 1. The summed E-state index contributed by atoms with van der Waals surface area (Å²) in [5, 5.41) is 9.29. The summed E-state index contributed by atoms with van der Waals surface area (Å²) in [6.07, 6.45) is 2.07. The molecule has 5 heteroatoms. The number of methoxy groups -OCH3 is 1. The zero-order valence-corrected chi connectivity index (χ0v) is 8.63. The van der Waals surface area contributed by atoms with E-state index in [1.807, 2.05) is 6.92 Å². The first-order chi connectivity index (χ1) is 6.69. The van der Waals surface area contributed by atoms with E-state index in [-0.39, 0.29) is 5.91 Å². The second-order valence-corrected chi connectivity index (χ2v) is 2.99. The number of amides is 1. The predicted octanol–water partition coefficient (Wildman–Crippen LogP) is 0.945. The number of hydrogen-bond donors (Lipinski definition) is 2. The summed E-state index contributed by atoms with van der Waals surface area (Å²) in [6, 6.07) is 0. The van der Waals surface area contributed by atoms with Crippen molar-refractivity contribution in [3.63, 3.8) is 0 Å². The molecule has 0 aliphatic carbocycles. The molecular formula is C9H15N3O2. The van der Waals surface area contributed by atoms with Crippen LogP contribution in [-0.4, -0.2) is 29.3 Å². The van der Waals surface area contributed by atoms with Crippen molar-refractivity contribution in [2.75, 3.05) is 12.4 Å². The number of anilines is 1. The van der Waals surface area contributed by atoms with Crippen molar-refractivity contribution in [3.8, 4) is 0 Å². The number of carbonyl (C=O) groups is 1. The normalized spacial score (nSPS) is 12.5. The number of ether oxygens (including phenoxy) is 1. The molecule has 0 spiro atoms. The van der Waals surface area contributed by atoms with Crippen molar-refractivity contribution in [3.05, 3.63) is 11.8 Å². The minimum Gasteiger partial charge on any atom is -0.372 e. The van der Waals surface area contributed by atoms with Crippen molar-refractivity contribution in [1.82, 2.24) is 10.2 Å². The maximum Gasteiger partial charge on any atom is 0.254 e. The van der Waals surface area contributed by atoms with E-state index >= 15 is 0 Å². The van der Waals surface area contributed by atoms with Crippen LogP contribution in [-0.2, 0) is 16.0 Å². The van der Waals surface area contributed by atoms with Gasteiger partial charge in [0.2, 0.25) is 0 Å². The zero-order chi connectivity index (χ0) is 10.6. The molecule has 78 valence electrons. The van der Waals surface area contributed by atoms with Gasteiger partial charge in [0.15, 0.2) is 0 Å². The van der Waals surface area contributed by atoms with Crippen LogP contribution < -0.4 is 5.32 Å². The van der Waals surface area contributed by atoms with Gasteiger partial charge in [-0.25, -0.2) is 0 Å². The summed E-state index contributed by atoms with van der Waals surface area (Å²) in [5.74, 6) is 0.479. The number of carbonyl (C=O) groups excluding carboxylic acids is 1. The highest BCUT2D eigenvalue weighted by Gasteiger charge is 2.13. The van der Waals surface area contributed by atoms with E-state index in [9.17, 15) is 4.79 Å². The van der Waals surface area contributed by atoms with E-state index in [2.05, 4.69) is 15.5 Å². The van der Waals surface area contributed by atoms with Crippen LogP contribution in [0.15, 0.2) is 6.20 Å². The van der Waals surface area contributed by atoms with Crippen molar-refractivity contribution in [2.24, 2.45) is 0 Å². The standard InChI is InChI=1S/C9H15N3O2/c1-4-7-5-10-12-8(7)11-9(13)6(2)14-3/h5-6H,4H2,1-3H3,(H2,10,11,12,13). The van der Waals surface area contributed by atoms with Gasteiger partial charge in [0, 0.05) is 12.7 Å². The third-order valence-corrected chi connectivity index (χ3v) is 2.07. The van der Waals surface area contributed by atoms with E-state index in [4.69, 9.17) is 4.74 Å². The Hall–Kier alpha value is -1.36. The summed E-state index contributed by atoms with van der Waals surface area (Å²) in [4.78, 5) is 11.4. The summed E-state index contributed by atoms with van der Waals surface area (Å²) in [7, 11) is 1.50. The molecule has 1 atom stereocenters. The fraction of sp³-hybridized carbons (Fsp3) is 0.556. The first kappa shape index (κ1) is 10.7. The van der Waals surface area contributed by atoms with Crippen molar-refractivity contribution < 1.29 is 9.53 Å². The minimum atomic E-state index is -0.456. The molecule has 1 rings (SSSR count). The lowest BCUT2D eigenvalue weighted by Gasteiger charge is -2.09. The number of H-pyrrole nitrogens is 1. The van der Waals surface area contributed by atoms with Crippen LogP contribution in [0.5, 0.6) is 0 Å². The molecule has 0 aliphatic heterocycles. The number of nitrogens with one attached hydrogen (secondary N) is 2. The second kappa shape index (κ2) is 4.76. The average molecular weight is 197 g/mol. The lowest BCUT2D eigenvalue weighted by atomic mass is 10.2.